The van der Waals surface area contributed by atoms with Crippen molar-refractivity contribution >= 4 is 11.6 Å². The first-order chi connectivity index (χ1) is 19.0. The number of hydrogen-bond acceptors (Lipinski definition) is 8. The van der Waals surface area contributed by atoms with Gasteiger partial charge < -0.3 is 38.8 Å². The summed E-state index contributed by atoms with van der Waals surface area (Å²) in [5, 5.41) is 13.2. The molecule has 0 spiro atoms. The van der Waals surface area contributed by atoms with Crippen LogP contribution in [-0.2, 0) is 10.2 Å². The summed E-state index contributed by atoms with van der Waals surface area (Å²) in [5.74, 6) is 1.28. The molecule has 2 atom stereocenters. The standard InChI is InChI=1S/C29H28FNO8/c1-3-6-16(32)13-35-22-12-26-24(37-15-39-26)10-19(22)29(17-7-5-8-20(30)27(17)31-28(29)33)18-9-23-25(38-14-36-23)11-21(18)34-4-2/h5,7-12,16,32H,3-4,6,13-15H2,1-2H3,(H,31,33)/t16-,29?/m1/s1. The zero-order chi connectivity index (χ0) is 27.1. The van der Waals surface area contributed by atoms with Crippen molar-refractivity contribution in [2.75, 3.05) is 32.1 Å². The summed E-state index contributed by atoms with van der Waals surface area (Å²) in [4.78, 5) is 14.3. The average molecular weight is 538 g/mol. The van der Waals surface area contributed by atoms with E-state index in [4.69, 9.17) is 28.4 Å². The minimum atomic E-state index is -1.64. The Morgan fingerprint density at radius 1 is 0.923 bits per heavy atom. The van der Waals surface area contributed by atoms with Gasteiger partial charge in [0.2, 0.25) is 19.5 Å². The van der Waals surface area contributed by atoms with Crippen molar-refractivity contribution in [3.63, 3.8) is 0 Å². The Hall–Kier alpha value is -4.18. The van der Waals surface area contributed by atoms with E-state index in [1.165, 1.54) is 6.07 Å². The van der Waals surface area contributed by atoms with Crippen LogP contribution in [0.3, 0.4) is 0 Å². The highest BCUT2D eigenvalue weighted by Crippen LogP contribution is 2.57. The van der Waals surface area contributed by atoms with Crippen molar-refractivity contribution in [2.24, 2.45) is 0 Å². The second kappa shape index (κ2) is 9.85. The summed E-state index contributed by atoms with van der Waals surface area (Å²) in [6.07, 6.45) is 0.582. The van der Waals surface area contributed by atoms with Crippen LogP contribution in [0.5, 0.6) is 34.5 Å². The van der Waals surface area contributed by atoms with Crippen LogP contribution < -0.4 is 33.7 Å². The smallest absolute Gasteiger partial charge is 0.244 e. The zero-order valence-electron chi connectivity index (χ0n) is 21.5. The molecule has 3 aliphatic heterocycles. The molecule has 2 N–H and O–H groups in total. The monoisotopic (exact) mass is 537 g/mol. The van der Waals surface area contributed by atoms with Gasteiger partial charge in [0.15, 0.2) is 23.0 Å². The molecule has 0 saturated carbocycles. The molecule has 3 aromatic rings. The van der Waals surface area contributed by atoms with E-state index in [1.54, 1.807) is 36.4 Å². The Balaban J connectivity index is 1.65. The van der Waals surface area contributed by atoms with Crippen molar-refractivity contribution in [1.82, 2.24) is 0 Å². The maximum absolute atomic E-state index is 15.2. The summed E-state index contributed by atoms with van der Waals surface area (Å²) in [5.41, 5.74) is -0.442. The molecule has 3 aromatic carbocycles. The second-order valence-corrected chi connectivity index (χ2v) is 9.46. The lowest BCUT2D eigenvalue weighted by molar-refractivity contribution is -0.118. The van der Waals surface area contributed by atoms with Crippen molar-refractivity contribution < 1.29 is 42.7 Å². The van der Waals surface area contributed by atoms with Crippen LogP contribution in [0.2, 0.25) is 0 Å². The van der Waals surface area contributed by atoms with Gasteiger partial charge in [0.25, 0.3) is 0 Å². The number of anilines is 1. The van der Waals surface area contributed by atoms with Crippen LogP contribution >= 0.6 is 0 Å². The minimum absolute atomic E-state index is 0.00465. The average Bonchev–Trinajstić information content (AvgIpc) is 3.64. The molecule has 0 fully saturated rings. The number of hydrogen-bond donors (Lipinski definition) is 2. The number of aliphatic hydroxyl groups excluding tert-OH is 1. The number of ether oxygens (including phenoxy) is 6. The Morgan fingerprint density at radius 2 is 1.51 bits per heavy atom. The Labute approximate surface area is 224 Å². The number of fused-ring (bicyclic) bond motifs is 3. The second-order valence-electron chi connectivity index (χ2n) is 9.46. The molecule has 6 rings (SSSR count). The van der Waals surface area contributed by atoms with E-state index < -0.39 is 23.2 Å². The first-order valence-electron chi connectivity index (χ1n) is 12.9. The molecule has 39 heavy (non-hydrogen) atoms. The van der Waals surface area contributed by atoms with Gasteiger partial charge in [0, 0.05) is 28.8 Å². The number of aliphatic hydroxyl groups is 1. The van der Waals surface area contributed by atoms with Gasteiger partial charge in [-0.05, 0) is 31.5 Å². The number of amides is 1. The molecule has 9 nitrogen and oxygen atoms in total. The summed E-state index contributed by atoms with van der Waals surface area (Å²) < 4.78 is 49.9. The van der Waals surface area contributed by atoms with E-state index in [-0.39, 0.29) is 31.6 Å². The van der Waals surface area contributed by atoms with Gasteiger partial charge in [0.1, 0.15) is 29.3 Å². The number of benzene rings is 3. The third-order valence-corrected chi connectivity index (χ3v) is 7.11. The molecule has 1 unspecified atom stereocenters. The van der Waals surface area contributed by atoms with Gasteiger partial charge in [0.05, 0.1) is 18.4 Å². The number of para-hydroxylation sites is 1. The molecule has 10 heteroatoms. The molecule has 3 aliphatic rings. The van der Waals surface area contributed by atoms with E-state index in [1.807, 2.05) is 13.8 Å². The van der Waals surface area contributed by atoms with E-state index in [2.05, 4.69) is 5.32 Å². The van der Waals surface area contributed by atoms with Gasteiger partial charge in [-0.2, -0.15) is 0 Å². The SMILES string of the molecule is CCC[C@@H](O)COc1cc2c(cc1C1(c3cc4c(cc3OCC)OCO4)C(=O)Nc3c(F)cccc31)OCO2. The lowest BCUT2D eigenvalue weighted by Crippen LogP contribution is -2.38. The van der Waals surface area contributed by atoms with Crippen LogP contribution in [-0.4, -0.2) is 43.9 Å². The van der Waals surface area contributed by atoms with Gasteiger partial charge in [-0.25, -0.2) is 4.39 Å². The van der Waals surface area contributed by atoms with Crippen molar-refractivity contribution in [1.29, 1.82) is 0 Å². The van der Waals surface area contributed by atoms with Crippen LogP contribution in [0.15, 0.2) is 42.5 Å². The number of carbonyl (C=O) groups excluding carboxylic acids is 1. The van der Waals surface area contributed by atoms with Crippen LogP contribution in [0.1, 0.15) is 43.4 Å². The summed E-state index contributed by atoms with van der Waals surface area (Å²) >= 11 is 0. The van der Waals surface area contributed by atoms with Gasteiger partial charge in [-0.1, -0.05) is 25.5 Å². The highest BCUT2D eigenvalue weighted by molar-refractivity contribution is 6.12. The fraction of sp³-hybridized carbons (Fsp3) is 0.345. The quantitative estimate of drug-likeness (QED) is 0.411. The summed E-state index contributed by atoms with van der Waals surface area (Å²) in [6.45, 7) is 4.08. The van der Waals surface area contributed by atoms with Crippen molar-refractivity contribution in [2.45, 2.75) is 38.2 Å². The Morgan fingerprint density at radius 3 is 2.10 bits per heavy atom. The van der Waals surface area contributed by atoms with Crippen LogP contribution in [0.25, 0.3) is 0 Å². The lowest BCUT2D eigenvalue weighted by Gasteiger charge is -2.32. The predicted octanol–water partition coefficient (Wildman–Crippen LogP) is 4.51. The zero-order valence-corrected chi connectivity index (χ0v) is 21.5. The molecule has 0 bridgehead atoms. The Bertz CT molecular complexity index is 1440. The maximum Gasteiger partial charge on any atom is 0.244 e. The first kappa shape index (κ1) is 25.1. The number of nitrogens with one attached hydrogen (secondary N) is 1. The lowest BCUT2D eigenvalue weighted by atomic mass is 9.69. The van der Waals surface area contributed by atoms with E-state index in [0.29, 0.717) is 58.5 Å². The van der Waals surface area contributed by atoms with E-state index >= 15 is 4.39 Å². The molecule has 0 aromatic heterocycles. The third-order valence-electron chi connectivity index (χ3n) is 7.11. The summed E-state index contributed by atoms with van der Waals surface area (Å²) in [6, 6.07) is 11.2. The molecule has 0 radical (unpaired) electrons. The van der Waals surface area contributed by atoms with Gasteiger partial charge in [-0.3, -0.25) is 4.79 Å². The van der Waals surface area contributed by atoms with E-state index in [9.17, 15) is 9.90 Å². The van der Waals surface area contributed by atoms with Crippen LogP contribution in [0, 0.1) is 5.82 Å². The molecule has 0 saturated heterocycles. The topological polar surface area (TPSA) is 105 Å². The number of carbonyl (C=O) groups is 1. The van der Waals surface area contributed by atoms with Crippen molar-refractivity contribution in [3.05, 3.63) is 65.0 Å². The van der Waals surface area contributed by atoms with Crippen molar-refractivity contribution in [3.8, 4) is 34.5 Å². The van der Waals surface area contributed by atoms with Gasteiger partial charge >= 0.3 is 0 Å². The Kier molecular flexibility index (Phi) is 6.34. The molecule has 0 aliphatic carbocycles. The normalized spacial score (nSPS) is 19.0. The van der Waals surface area contributed by atoms with Gasteiger partial charge in [-0.15, -0.1) is 0 Å². The molecular weight excluding hydrogens is 509 g/mol. The molecule has 204 valence electrons. The predicted molar refractivity (Wildman–Crippen MR) is 138 cm³/mol. The highest BCUT2D eigenvalue weighted by Gasteiger charge is 2.55. The maximum atomic E-state index is 15.2. The largest absolute Gasteiger partial charge is 0.493 e. The third kappa shape index (κ3) is 3.97. The summed E-state index contributed by atoms with van der Waals surface area (Å²) in [7, 11) is 0. The molecule has 1 amide bonds. The van der Waals surface area contributed by atoms with E-state index in [0.717, 1.165) is 6.42 Å². The minimum Gasteiger partial charge on any atom is -0.493 e. The molecule has 3 heterocycles. The number of rotatable bonds is 9. The fourth-order valence-corrected chi connectivity index (χ4v) is 5.40. The van der Waals surface area contributed by atoms with Crippen LogP contribution in [0.4, 0.5) is 10.1 Å². The molecular formula is C29H28FNO8. The number of halogens is 1. The fourth-order valence-electron chi connectivity index (χ4n) is 5.40. The highest BCUT2D eigenvalue weighted by atomic mass is 19.1. The first-order valence-corrected chi connectivity index (χ1v) is 12.9.